The van der Waals surface area contributed by atoms with Gasteiger partial charge in [0.1, 0.15) is 5.92 Å². The first-order chi connectivity index (χ1) is 13.7. The first kappa shape index (κ1) is 17.7. The molecule has 8 heteroatoms. The zero-order valence-corrected chi connectivity index (χ0v) is 15.2. The van der Waals surface area contributed by atoms with Gasteiger partial charge < -0.3 is 5.11 Å². The Morgan fingerprint density at radius 1 is 1.14 bits per heavy atom. The minimum absolute atomic E-state index is 0.325. The molecule has 28 heavy (non-hydrogen) atoms. The van der Waals surface area contributed by atoms with Crippen LogP contribution in [0.3, 0.4) is 0 Å². The van der Waals surface area contributed by atoms with Crippen molar-refractivity contribution in [3.63, 3.8) is 0 Å². The van der Waals surface area contributed by atoms with Gasteiger partial charge in [-0.1, -0.05) is 19.4 Å². The second-order valence-electron chi connectivity index (χ2n) is 6.37. The van der Waals surface area contributed by atoms with Gasteiger partial charge in [-0.25, -0.2) is 4.98 Å². The van der Waals surface area contributed by atoms with E-state index in [0.29, 0.717) is 23.5 Å². The molecule has 8 nitrogen and oxygen atoms in total. The van der Waals surface area contributed by atoms with Crippen molar-refractivity contribution < 1.29 is 9.90 Å². The highest BCUT2D eigenvalue weighted by Crippen LogP contribution is 2.26. The van der Waals surface area contributed by atoms with Crippen LogP contribution in [0.15, 0.2) is 55.2 Å². The molecule has 0 aliphatic heterocycles. The summed E-state index contributed by atoms with van der Waals surface area (Å²) in [5.74, 6) is -1.67. The molecule has 1 atom stereocenters. The molecule has 0 aliphatic carbocycles. The summed E-state index contributed by atoms with van der Waals surface area (Å²) in [5.41, 5.74) is 3.51. The monoisotopic (exact) mass is 374 g/mol. The van der Waals surface area contributed by atoms with Crippen LogP contribution < -0.4 is 0 Å². The summed E-state index contributed by atoms with van der Waals surface area (Å²) >= 11 is 0. The van der Waals surface area contributed by atoms with E-state index in [1.54, 1.807) is 41.3 Å². The van der Waals surface area contributed by atoms with Crippen molar-refractivity contribution in [2.75, 3.05) is 0 Å². The van der Waals surface area contributed by atoms with Crippen molar-refractivity contribution in [3.05, 3.63) is 72.3 Å². The van der Waals surface area contributed by atoms with Crippen molar-refractivity contribution in [1.82, 2.24) is 29.5 Å². The minimum atomic E-state index is -1.01. The number of hydrogen-bond donors (Lipinski definition) is 1. The maximum absolute atomic E-state index is 12.1. The Hall–Kier alpha value is -3.68. The average Bonchev–Trinajstić information content (AvgIpc) is 3.13. The Morgan fingerprint density at radius 2 is 1.96 bits per heavy atom. The average molecular weight is 374 g/mol. The van der Waals surface area contributed by atoms with Crippen molar-refractivity contribution in [2.45, 2.75) is 25.7 Å². The van der Waals surface area contributed by atoms with Crippen LogP contribution in [0.25, 0.3) is 16.9 Å². The summed E-state index contributed by atoms with van der Waals surface area (Å²) in [4.78, 5) is 24.9. The quantitative estimate of drug-likeness (QED) is 0.553. The largest absolute Gasteiger partial charge is 0.480 e. The minimum Gasteiger partial charge on any atom is -0.480 e. The van der Waals surface area contributed by atoms with Crippen molar-refractivity contribution in [1.29, 1.82) is 0 Å². The third-order valence-electron chi connectivity index (χ3n) is 4.47. The molecule has 4 aromatic rings. The van der Waals surface area contributed by atoms with Crippen LogP contribution in [-0.2, 0) is 11.2 Å². The lowest BCUT2D eigenvalue weighted by molar-refractivity contribution is -0.137. The molecule has 0 saturated carbocycles. The maximum atomic E-state index is 12.1. The molecule has 1 N–H and O–H groups in total. The fourth-order valence-corrected chi connectivity index (χ4v) is 3.19. The van der Waals surface area contributed by atoms with Gasteiger partial charge >= 0.3 is 5.97 Å². The fourth-order valence-electron chi connectivity index (χ4n) is 3.19. The number of carbonyl (C=O) groups is 1. The molecule has 0 aromatic carbocycles. The molecule has 4 aromatic heterocycles. The summed E-state index contributed by atoms with van der Waals surface area (Å²) in [6.07, 6.45) is 9.92. The zero-order valence-electron chi connectivity index (χ0n) is 15.2. The molecule has 140 valence electrons. The Balaban J connectivity index is 1.94. The lowest BCUT2D eigenvalue weighted by atomic mass is 10.0. The molecule has 4 heterocycles. The van der Waals surface area contributed by atoms with E-state index in [1.165, 1.54) is 6.20 Å². The number of carboxylic acids is 1. The lowest BCUT2D eigenvalue weighted by Crippen LogP contribution is -2.17. The predicted octanol–water partition coefficient (Wildman–Crippen LogP) is 2.75. The number of fused-ring (bicyclic) bond motifs is 1. The van der Waals surface area contributed by atoms with E-state index >= 15 is 0 Å². The number of nitrogens with zero attached hydrogens (tertiary/aromatic N) is 6. The van der Waals surface area contributed by atoms with E-state index in [-0.39, 0.29) is 0 Å². The van der Waals surface area contributed by atoms with Gasteiger partial charge in [0.25, 0.3) is 0 Å². The number of hydrogen-bond acceptors (Lipinski definition) is 6. The molecule has 0 amide bonds. The first-order valence-corrected chi connectivity index (χ1v) is 8.96. The number of aryl methyl sites for hydroxylation is 1. The third kappa shape index (κ3) is 3.20. The maximum Gasteiger partial charge on any atom is 0.318 e. The van der Waals surface area contributed by atoms with Gasteiger partial charge in [0.2, 0.25) is 0 Å². The highest BCUT2D eigenvalue weighted by atomic mass is 16.4. The second-order valence-corrected chi connectivity index (χ2v) is 6.37. The van der Waals surface area contributed by atoms with Gasteiger partial charge in [-0.15, -0.1) is 10.2 Å². The Labute approximate surface area is 161 Å². The van der Waals surface area contributed by atoms with Crippen LogP contribution in [-0.4, -0.2) is 40.6 Å². The summed E-state index contributed by atoms with van der Waals surface area (Å²) in [7, 11) is 0. The molecule has 0 aliphatic rings. The summed E-state index contributed by atoms with van der Waals surface area (Å²) in [6.45, 7) is 2.06. The van der Waals surface area contributed by atoms with Crippen molar-refractivity contribution in [3.8, 4) is 11.3 Å². The molecular weight excluding hydrogens is 356 g/mol. The SMILES string of the molecule is CCCc1nc(-c2ccncc2)cn2c(C(C(=O)O)c3cccnc3)nnc12. The first-order valence-electron chi connectivity index (χ1n) is 8.96. The Kier molecular flexibility index (Phi) is 4.76. The van der Waals surface area contributed by atoms with E-state index in [9.17, 15) is 9.90 Å². The molecule has 4 rings (SSSR count). The van der Waals surface area contributed by atoms with Crippen LogP contribution in [0.1, 0.15) is 36.3 Å². The van der Waals surface area contributed by atoms with E-state index in [1.807, 2.05) is 12.1 Å². The van der Waals surface area contributed by atoms with Gasteiger partial charge in [-0.05, 0) is 30.2 Å². The van der Waals surface area contributed by atoms with Gasteiger partial charge in [0, 0.05) is 36.5 Å². The molecule has 0 fully saturated rings. The van der Waals surface area contributed by atoms with E-state index < -0.39 is 11.9 Å². The van der Waals surface area contributed by atoms with Crippen LogP contribution in [0.4, 0.5) is 0 Å². The number of carboxylic acid groups (broad SMARTS) is 1. The van der Waals surface area contributed by atoms with Crippen LogP contribution in [0, 0.1) is 0 Å². The second kappa shape index (κ2) is 7.51. The fraction of sp³-hybridized carbons (Fsp3) is 0.200. The smallest absolute Gasteiger partial charge is 0.318 e. The van der Waals surface area contributed by atoms with Gasteiger partial charge in [0.15, 0.2) is 11.5 Å². The number of aromatic nitrogens is 6. The van der Waals surface area contributed by atoms with Gasteiger partial charge in [-0.2, -0.15) is 0 Å². The highest BCUT2D eigenvalue weighted by molar-refractivity contribution is 5.79. The Bertz CT molecular complexity index is 1110. The summed E-state index contributed by atoms with van der Waals surface area (Å²) in [6, 6.07) is 7.17. The summed E-state index contributed by atoms with van der Waals surface area (Å²) < 4.78 is 1.74. The topological polar surface area (TPSA) is 106 Å². The van der Waals surface area contributed by atoms with E-state index in [4.69, 9.17) is 4.98 Å². The summed E-state index contributed by atoms with van der Waals surface area (Å²) in [5, 5.41) is 18.4. The zero-order chi connectivity index (χ0) is 19.5. The van der Waals surface area contributed by atoms with Gasteiger partial charge in [-0.3, -0.25) is 19.2 Å². The molecular formula is C20H18N6O2. The Morgan fingerprint density at radius 3 is 2.64 bits per heavy atom. The standard InChI is InChI=1S/C20H18N6O2/c1-2-4-15-18-24-25-19(17(20(27)28)14-5-3-8-22-11-14)26(18)12-16(23-15)13-6-9-21-10-7-13/h3,5-12,17H,2,4H2,1H3,(H,27,28). The van der Waals surface area contributed by atoms with E-state index in [0.717, 1.165) is 23.4 Å². The van der Waals surface area contributed by atoms with Gasteiger partial charge in [0.05, 0.1) is 11.4 Å². The van der Waals surface area contributed by atoms with E-state index in [2.05, 4.69) is 27.1 Å². The number of pyridine rings is 2. The van der Waals surface area contributed by atoms with Crippen LogP contribution in [0.2, 0.25) is 0 Å². The van der Waals surface area contributed by atoms with Crippen molar-refractivity contribution >= 4 is 11.6 Å². The van der Waals surface area contributed by atoms with Crippen LogP contribution in [0.5, 0.6) is 0 Å². The number of rotatable bonds is 6. The lowest BCUT2D eigenvalue weighted by Gasteiger charge is -2.12. The highest BCUT2D eigenvalue weighted by Gasteiger charge is 2.28. The third-order valence-corrected chi connectivity index (χ3v) is 4.47. The normalized spacial score (nSPS) is 12.2. The van der Waals surface area contributed by atoms with Crippen molar-refractivity contribution in [2.24, 2.45) is 0 Å². The molecule has 1 unspecified atom stereocenters. The number of aliphatic carboxylic acids is 1. The molecule has 0 bridgehead atoms. The molecule has 0 saturated heterocycles. The van der Waals surface area contributed by atoms with Crippen LogP contribution >= 0.6 is 0 Å². The molecule has 0 radical (unpaired) electrons. The molecule has 0 spiro atoms. The predicted molar refractivity (Wildman–Crippen MR) is 102 cm³/mol.